The zero-order chi connectivity index (χ0) is 11.4. The first-order valence-electron chi connectivity index (χ1n) is 4.05. The number of carbonyl (C=O) groups is 1. The Kier molecular flexibility index (Phi) is 3.53. The predicted molar refractivity (Wildman–Crippen MR) is 54.2 cm³/mol. The maximum atomic E-state index is 11.0. The van der Waals surface area contributed by atoms with Crippen LogP contribution in [-0.2, 0) is 5.88 Å². The molecule has 78 valence electrons. The standard InChI is InChI=1S/C10H8ClNO3/c1-15-9-7(5-12)3-2-6(4-11)8(9)10(13)14/h2-3H,4H2,1H3,(H,13,14). The van der Waals surface area contributed by atoms with E-state index in [0.717, 1.165) is 0 Å². The number of ether oxygens (including phenoxy) is 1. The van der Waals surface area contributed by atoms with Gasteiger partial charge in [0.15, 0.2) is 5.75 Å². The Morgan fingerprint density at radius 1 is 1.67 bits per heavy atom. The van der Waals surface area contributed by atoms with Crippen LogP contribution in [0.25, 0.3) is 0 Å². The van der Waals surface area contributed by atoms with E-state index in [9.17, 15) is 4.79 Å². The van der Waals surface area contributed by atoms with E-state index in [1.165, 1.54) is 19.2 Å². The van der Waals surface area contributed by atoms with Gasteiger partial charge < -0.3 is 9.84 Å². The lowest BCUT2D eigenvalue weighted by Gasteiger charge is -2.09. The molecule has 0 unspecified atom stereocenters. The molecule has 0 fully saturated rings. The molecule has 0 amide bonds. The van der Waals surface area contributed by atoms with Crippen LogP contribution in [0.4, 0.5) is 0 Å². The van der Waals surface area contributed by atoms with Gasteiger partial charge in [-0.1, -0.05) is 6.07 Å². The second-order valence-corrected chi connectivity index (χ2v) is 3.00. The number of nitriles is 1. The summed E-state index contributed by atoms with van der Waals surface area (Å²) in [6, 6.07) is 4.86. The highest BCUT2D eigenvalue weighted by atomic mass is 35.5. The van der Waals surface area contributed by atoms with Gasteiger partial charge in [-0.3, -0.25) is 0 Å². The number of carboxylic acids is 1. The maximum absolute atomic E-state index is 11.0. The lowest BCUT2D eigenvalue weighted by molar-refractivity contribution is 0.0692. The number of aromatic carboxylic acids is 1. The number of hydrogen-bond acceptors (Lipinski definition) is 3. The number of benzene rings is 1. The SMILES string of the molecule is COc1c(C#N)ccc(CCl)c1C(=O)O. The lowest BCUT2D eigenvalue weighted by Crippen LogP contribution is -2.06. The average Bonchev–Trinajstić information content (AvgIpc) is 2.26. The predicted octanol–water partition coefficient (Wildman–Crippen LogP) is 2.00. The molecule has 5 heteroatoms. The lowest BCUT2D eigenvalue weighted by atomic mass is 10.0. The van der Waals surface area contributed by atoms with Crippen LogP contribution in [0.3, 0.4) is 0 Å². The number of alkyl halides is 1. The fourth-order valence-electron chi connectivity index (χ4n) is 1.27. The molecule has 1 N–H and O–H groups in total. The summed E-state index contributed by atoms with van der Waals surface area (Å²) in [7, 11) is 1.32. The third-order valence-electron chi connectivity index (χ3n) is 1.93. The summed E-state index contributed by atoms with van der Waals surface area (Å²) in [6.07, 6.45) is 0. The number of rotatable bonds is 3. The Morgan fingerprint density at radius 2 is 2.33 bits per heavy atom. The van der Waals surface area contributed by atoms with E-state index in [4.69, 9.17) is 26.7 Å². The molecule has 0 bridgehead atoms. The maximum Gasteiger partial charge on any atom is 0.339 e. The minimum Gasteiger partial charge on any atom is -0.494 e. The summed E-state index contributed by atoms with van der Waals surface area (Å²) in [5.41, 5.74) is 0.565. The highest BCUT2D eigenvalue weighted by molar-refractivity contribution is 6.17. The quantitative estimate of drug-likeness (QED) is 0.799. The number of hydrogen-bond donors (Lipinski definition) is 1. The second kappa shape index (κ2) is 4.67. The van der Waals surface area contributed by atoms with Crippen LogP contribution in [0, 0.1) is 11.3 Å². The van der Waals surface area contributed by atoms with E-state index in [-0.39, 0.29) is 22.8 Å². The highest BCUT2D eigenvalue weighted by Gasteiger charge is 2.19. The van der Waals surface area contributed by atoms with Crippen molar-refractivity contribution in [2.24, 2.45) is 0 Å². The van der Waals surface area contributed by atoms with Crippen molar-refractivity contribution in [2.45, 2.75) is 5.88 Å². The molecule has 4 nitrogen and oxygen atoms in total. The molecule has 0 aliphatic carbocycles. The molecule has 0 heterocycles. The van der Waals surface area contributed by atoms with Crippen molar-refractivity contribution in [2.75, 3.05) is 7.11 Å². The van der Waals surface area contributed by atoms with Crippen LogP contribution >= 0.6 is 11.6 Å². The van der Waals surface area contributed by atoms with E-state index in [0.29, 0.717) is 5.56 Å². The van der Waals surface area contributed by atoms with E-state index in [1.807, 2.05) is 6.07 Å². The molecule has 0 radical (unpaired) electrons. The van der Waals surface area contributed by atoms with Crippen molar-refractivity contribution in [3.8, 4) is 11.8 Å². The number of carboxylic acid groups (broad SMARTS) is 1. The molecule has 0 aliphatic rings. The fourth-order valence-corrected chi connectivity index (χ4v) is 1.49. The van der Waals surface area contributed by atoms with Gasteiger partial charge >= 0.3 is 5.97 Å². The molecule has 0 atom stereocenters. The Morgan fingerprint density at radius 3 is 2.73 bits per heavy atom. The Bertz CT molecular complexity index is 437. The molecule has 1 aromatic carbocycles. The Labute approximate surface area is 91.7 Å². The van der Waals surface area contributed by atoms with Gasteiger partial charge in [0.25, 0.3) is 0 Å². The van der Waals surface area contributed by atoms with Gasteiger partial charge in [0.1, 0.15) is 11.6 Å². The smallest absolute Gasteiger partial charge is 0.339 e. The molecule has 0 aromatic heterocycles. The van der Waals surface area contributed by atoms with Gasteiger partial charge in [-0.2, -0.15) is 5.26 Å². The topological polar surface area (TPSA) is 70.3 Å². The van der Waals surface area contributed by atoms with Crippen LogP contribution in [-0.4, -0.2) is 18.2 Å². The van der Waals surface area contributed by atoms with Crippen LogP contribution in [0.5, 0.6) is 5.75 Å². The number of nitrogens with zero attached hydrogens (tertiary/aromatic N) is 1. The van der Waals surface area contributed by atoms with E-state index in [2.05, 4.69) is 0 Å². The number of halogens is 1. The van der Waals surface area contributed by atoms with Crippen LogP contribution in [0.1, 0.15) is 21.5 Å². The van der Waals surface area contributed by atoms with Gasteiger partial charge in [-0.25, -0.2) is 4.79 Å². The van der Waals surface area contributed by atoms with Gasteiger partial charge in [0.05, 0.1) is 12.7 Å². The highest BCUT2D eigenvalue weighted by Crippen LogP contribution is 2.27. The first-order chi connectivity index (χ1) is 7.15. The van der Waals surface area contributed by atoms with Crippen LogP contribution < -0.4 is 4.74 Å². The van der Waals surface area contributed by atoms with Gasteiger partial charge in [-0.15, -0.1) is 11.6 Å². The summed E-state index contributed by atoms with van der Waals surface area (Å²) in [4.78, 5) is 11.0. The largest absolute Gasteiger partial charge is 0.494 e. The number of methoxy groups -OCH3 is 1. The molecule has 0 saturated carbocycles. The zero-order valence-electron chi connectivity index (χ0n) is 7.95. The van der Waals surface area contributed by atoms with Crippen molar-refractivity contribution in [1.82, 2.24) is 0 Å². The molecule has 15 heavy (non-hydrogen) atoms. The van der Waals surface area contributed by atoms with Gasteiger partial charge in [0.2, 0.25) is 0 Å². The van der Waals surface area contributed by atoms with Crippen molar-refractivity contribution in [3.05, 3.63) is 28.8 Å². The molecule has 0 aliphatic heterocycles. The first kappa shape index (κ1) is 11.3. The summed E-state index contributed by atoms with van der Waals surface area (Å²) in [5, 5.41) is 17.7. The zero-order valence-corrected chi connectivity index (χ0v) is 8.71. The minimum atomic E-state index is -1.15. The molecular weight excluding hydrogens is 218 g/mol. The summed E-state index contributed by atoms with van der Waals surface area (Å²) in [5.74, 6) is -1.04. The summed E-state index contributed by atoms with van der Waals surface area (Å²) >= 11 is 5.60. The average molecular weight is 226 g/mol. The fraction of sp³-hybridized carbons (Fsp3) is 0.200. The molecule has 1 aromatic rings. The van der Waals surface area contributed by atoms with E-state index < -0.39 is 5.97 Å². The summed E-state index contributed by atoms with van der Waals surface area (Å²) < 4.78 is 4.91. The van der Waals surface area contributed by atoms with E-state index >= 15 is 0 Å². The molecule has 1 rings (SSSR count). The minimum absolute atomic E-state index is 0.0495. The molecule has 0 saturated heterocycles. The van der Waals surface area contributed by atoms with Gasteiger partial charge in [0, 0.05) is 5.88 Å². The summed E-state index contributed by atoms with van der Waals surface area (Å²) in [6.45, 7) is 0. The Balaban J connectivity index is 3.53. The van der Waals surface area contributed by atoms with Crippen LogP contribution in [0.2, 0.25) is 0 Å². The third-order valence-corrected chi connectivity index (χ3v) is 2.21. The second-order valence-electron chi connectivity index (χ2n) is 2.73. The molecular formula is C10H8ClNO3. The van der Waals surface area contributed by atoms with Crippen LogP contribution in [0.15, 0.2) is 12.1 Å². The van der Waals surface area contributed by atoms with Crippen molar-refractivity contribution in [3.63, 3.8) is 0 Å². The first-order valence-corrected chi connectivity index (χ1v) is 4.58. The van der Waals surface area contributed by atoms with E-state index in [1.54, 1.807) is 0 Å². The van der Waals surface area contributed by atoms with Crippen molar-refractivity contribution in [1.29, 1.82) is 5.26 Å². The normalized spacial score (nSPS) is 9.40. The third kappa shape index (κ3) is 2.03. The van der Waals surface area contributed by atoms with Gasteiger partial charge in [-0.05, 0) is 11.6 Å². The van der Waals surface area contributed by atoms with Crippen molar-refractivity contribution >= 4 is 17.6 Å². The molecule has 0 spiro atoms. The van der Waals surface area contributed by atoms with Crippen molar-refractivity contribution < 1.29 is 14.6 Å². The monoisotopic (exact) mass is 225 g/mol. The Hall–Kier alpha value is -1.73.